The van der Waals surface area contributed by atoms with Crippen LogP contribution >= 0.6 is 0 Å². The minimum atomic E-state index is -1.53. The summed E-state index contributed by atoms with van der Waals surface area (Å²) >= 11 is 0. The number of barbiturate groups is 1. The average Bonchev–Trinajstić information content (AvgIpc) is 1.85. The zero-order valence-electron chi connectivity index (χ0n) is 5.51. The number of carbonyl (C=O) groups excluding carboxylic acids is 3. The number of nitrogens with zero attached hydrogens (tertiary/aromatic N) is 2. The molecule has 4 amide bonds. The molecule has 1 aliphatic rings. The third-order valence-electron chi connectivity index (χ3n) is 1.09. The fourth-order valence-electron chi connectivity index (χ4n) is 0.616. The van der Waals surface area contributed by atoms with Crippen molar-refractivity contribution >= 4 is 17.8 Å². The van der Waals surface area contributed by atoms with E-state index in [-0.39, 0.29) is 16.5 Å². The van der Waals surface area contributed by atoms with Gasteiger partial charge in [0.05, 0.1) is 0 Å². The number of rotatable bonds is 1. The molecule has 2 N–H and O–H groups in total. The number of imide groups is 2. The first kappa shape index (κ1) is 10.7. The van der Waals surface area contributed by atoms with Gasteiger partial charge in [-0.25, -0.2) is 4.79 Å². The van der Waals surface area contributed by atoms with Crippen molar-refractivity contribution in [1.82, 2.24) is 10.6 Å². The van der Waals surface area contributed by atoms with Crippen molar-refractivity contribution in [1.29, 1.82) is 0 Å². The molecule has 7 nitrogen and oxygen atoms in total. The Morgan fingerprint density at radius 3 is 1.92 bits per heavy atom. The van der Waals surface area contributed by atoms with Crippen LogP contribution in [-0.2, 0) is 26.1 Å². The van der Waals surface area contributed by atoms with Crippen LogP contribution in [0.4, 0.5) is 4.79 Å². The predicted octanol–water partition coefficient (Wildman–Crippen LogP) is -1.26. The molecular weight excluding hydrogens is 211 g/mol. The van der Waals surface area contributed by atoms with Crippen molar-refractivity contribution in [2.45, 2.75) is 6.04 Å². The molecule has 0 radical (unpaired) electrons. The largest absolute Gasteiger partial charge is 0.711 e. The fourth-order valence-corrected chi connectivity index (χ4v) is 0.616. The van der Waals surface area contributed by atoms with Crippen LogP contribution in [0, 0.1) is 0 Å². The van der Waals surface area contributed by atoms with Gasteiger partial charge in [-0.05, 0) is 0 Å². The van der Waals surface area contributed by atoms with Crippen LogP contribution in [0.15, 0.2) is 5.11 Å². The summed E-state index contributed by atoms with van der Waals surface area (Å²) in [5, 5.41) is 5.96. The van der Waals surface area contributed by atoms with E-state index < -0.39 is 23.9 Å². The van der Waals surface area contributed by atoms with E-state index >= 15 is 0 Å². The molecule has 0 aromatic rings. The quantitative estimate of drug-likeness (QED) is 0.322. The molecule has 0 bridgehead atoms. The SMILES string of the molecule is [N-]=NC1C(=O)NC(=O)NC1=O.[Ni]. The summed E-state index contributed by atoms with van der Waals surface area (Å²) in [6.45, 7) is 0. The molecule has 1 saturated heterocycles. The van der Waals surface area contributed by atoms with Gasteiger partial charge in [-0.2, -0.15) is 0 Å². The minimum Gasteiger partial charge on any atom is -0.711 e. The molecule has 1 heterocycles. The first-order valence-electron chi connectivity index (χ1n) is 2.65. The van der Waals surface area contributed by atoms with E-state index in [2.05, 4.69) is 5.11 Å². The van der Waals surface area contributed by atoms with Gasteiger partial charge in [-0.1, -0.05) is 0 Å². The molecule has 1 aliphatic heterocycles. The molecule has 0 saturated carbocycles. The van der Waals surface area contributed by atoms with Gasteiger partial charge < -0.3 is 10.6 Å². The number of urea groups is 1. The zero-order chi connectivity index (χ0) is 8.43. The molecule has 12 heavy (non-hydrogen) atoms. The Morgan fingerprint density at radius 1 is 1.17 bits per heavy atom. The fraction of sp³-hybridized carbons (Fsp3) is 0.250. The molecule has 68 valence electrons. The molecule has 0 aromatic carbocycles. The van der Waals surface area contributed by atoms with Gasteiger partial charge in [0.15, 0.2) is 6.04 Å². The molecular formula is C4H3N4NiO3-. The third-order valence-corrected chi connectivity index (χ3v) is 1.09. The van der Waals surface area contributed by atoms with E-state index in [9.17, 15) is 14.4 Å². The molecule has 0 spiro atoms. The summed E-state index contributed by atoms with van der Waals surface area (Å²) in [5.41, 5.74) is 8.11. The molecule has 0 atom stereocenters. The van der Waals surface area contributed by atoms with E-state index in [1.165, 1.54) is 0 Å². The number of amides is 4. The first-order chi connectivity index (χ1) is 5.15. The van der Waals surface area contributed by atoms with Crippen molar-refractivity contribution in [3.63, 3.8) is 0 Å². The number of nitrogens with one attached hydrogen (secondary N) is 2. The standard InChI is InChI=1S/C4H3N4O3.Ni/c5-8-1-2(9)6-4(11)7-3(1)10;/h1H,(H2,6,7,9,10,11);/q-1;. The van der Waals surface area contributed by atoms with Gasteiger partial charge >= 0.3 is 6.03 Å². The smallest absolute Gasteiger partial charge is 0.328 e. The van der Waals surface area contributed by atoms with E-state index in [0.717, 1.165) is 0 Å². The Balaban J connectivity index is 0.00000121. The van der Waals surface area contributed by atoms with Crippen LogP contribution in [0.2, 0.25) is 0 Å². The summed E-state index contributed by atoms with van der Waals surface area (Å²) < 4.78 is 0. The predicted molar refractivity (Wildman–Crippen MR) is 31.3 cm³/mol. The molecule has 0 aliphatic carbocycles. The summed E-state index contributed by atoms with van der Waals surface area (Å²) in [6.07, 6.45) is 0. The summed E-state index contributed by atoms with van der Waals surface area (Å²) in [6, 6.07) is -2.44. The first-order valence-corrected chi connectivity index (χ1v) is 2.65. The Kier molecular flexibility index (Phi) is 3.49. The van der Waals surface area contributed by atoms with Crippen LogP contribution in [0.5, 0.6) is 0 Å². The van der Waals surface area contributed by atoms with E-state index in [4.69, 9.17) is 5.53 Å². The van der Waals surface area contributed by atoms with Gasteiger partial charge in [0, 0.05) is 16.5 Å². The summed E-state index contributed by atoms with van der Waals surface area (Å²) in [5.74, 6) is -1.86. The molecule has 0 aromatic heterocycles. The second-order valence-electron chi connectivity index (χ2n) is 1.83. The maximum Gasteiger partial charge on any atom is 0.328 e. The van der Waals surface area contributed by atoms with Crippen LogP contribution in [-0.4, -0.2) is 23.9 Å². The number of hydrogen-bond acceptors (Lipinski definition) is 4. The third kappa shape index (κ3) is 1.85. The van der Waals surface area contributed by atoms with Gasteiger partial charge in [0.1, 0.15) is 0 Å². The van der Waals surface area contributed by atoms with Crippen molar-refractivity contribution in [2.24, 2.45) is 5.11 Å². The number of carbonyl (C=O) groups is 3. The van der Waals surface area contributed by atoms with Gasteiger partial charge in [-0.15, -0.1) is 0 Å². The van der Waals surface area contributed by atoms with Gasteiger partial charge in [0.25, 0.3) is 11.8 Å². The van der Waals surface area contributed by atoms with Crippen LogP contribution in [0.25, 0.3) is 5.53 Å². The normalized spacial score (nSPS) is 17.5. The summed E-state index contributed by atoms with van der Waals surface area (Å²) in [4.78, 5) is 31.6. The van der Waals surface area contributed by atoms with Crippen molar-refractivity contribution in [3.8, 4) is 0 Å². The Bertz CT molecular complexity index is 233. The number of hydrogen-bond donors (Lipinski definition) is 2. The van der Waals surface area contributed by atoms with E-state index in [1.807, 2.05) is 0 Å². The summed E-state index contributed by atoms with van der Waals surface area (Å²) in [7, 11) is 0. The van der Waals surface area contributed by atoms with Gasteiger partial charge in [-0.3, -0.25) is 20.2 Å². The van der Waals surface area contributed by atoms with Crippen molar-refractivity contribution in [2.75, 3.05) is 0 Å². The monoisotopic (exact) mass is 213 g/mol. The molecule has 8 heteroatoms. The Morgan fingerprint density at radius 2 is 1.58 bits per heavy atom. The van der Waals surface area contributed by atoms with Crippen LogP contribution < -0.4 is 10.6 Å². The second kappa shape index (κ2) is 3.91. The van der Waals surface area contributed by atoms with E-state index in [0.29, 0.717) is 0 Å². The minimum absolute atomic E-state index is 0. The van der Waals surface area contributed by atoms with E-state index in [1.54, 1.807) is 10.6 Å². The Labute approximate surface area is 76.7 Å². The molecule has 1 fully saturated rings. The topological polar surface area (TPSA) is 110 Å². The molecule has 0 unspecified atom stereocenters. The van der Waals surface area contributed by atoms with Gasteiger partial charge in [0.2, 0.25) is 0 Å². The Hall–Kier alpha value is -1.30. The van der Waals surface area contributed by atoms with Crippen LogP contribution in [0.3, 0.4) is 0 Å². The molecule has 1 rings (SSSR count). The maximum atomic E-state index is 10.6. The second-order valence-corrected chi connectivity index (χ2v) is 1.83. The zero-order valence-corrected chi connectivity index (χ0v) is 6.50. The van der Waals surface area contributed by atoms with Crippen molar-refractivity contribution in [3.05, 3.63) is 5.53 Å². The van der Waals surface area contributed by atoms with Crippen LogP contribution in [0.1, 0.15) is 0 Å². The average molecular weight is 214 g/mol. The maximum absolute atomic E-state index is 10.6. The van der Waals surface area contributed by atoms with Crippen molar-refractivity contribution < 1.29 is 30.9 Å².